The van der Waals surface area contributed by atoms with Crippen molar-refractivity contribution in [2.24, 2.45) is 11.3 Å². The molecule has 0 spiro atoms. The predicted octanol–water partition coefficient (Wildman–Crippen LogP) is 6.73. The van der Waals surface area contributed by atoms with Gasteiger partial charge in [-0.05, 0) is 101 Å². The van der Waals surface area contributed by atoms with E-state index in [1.54, 1.807) is 6.07 Å². The van der Waals surface area contributed by atoms with Crippen molar-refractivity contribution >= 4 is 28.0 Å². The van der Waals surface area contributed by atoms with Crippen molar-refractivity contribution in [3.05, 3.63) is 65.2 Å². The van der Waals surface area contributed by atoms with E-state index >= 15 is 0 Å². The molecule has 3 aromatic rings. The normalized spacial score (nSPS) is 17.0. The summed E-state index contributed by atoms with van der Waals surface area (Å²) in [5.74, 6) is -0.734. The summed E-state index contributed by atoms with van der Waals surface area (Å²) in [6.45, 7) is 16.8. The summed E-state index contributed by atoms with van der Waals surface area (Å²) < 4.78 is 40.8. The number of benzene rings is 2. The van der Waals surface area contributed by atoms with Crippen molar-refractivity contribution in [1.29, 1.82) is 0 Å². The summed E-state index contributed by atoms with van der Waals surface area (Å²) in [4.78, 5) is 32.2. The van der Waals surface area contributed by atoms with Crippen LogP contribution in [0.2, 0.25) is 0 Å². The average molecular weight is 710 g/mol. The summed E-state index contributed by atoms with van der Waals surface area (Å²) in [5.41, 5.74) is 2.54. The molecule has 4 N–H and O–H groups in total. The number of rotatable bonds is 14. The number of sulfonamides is 1. The quantitative estimate of drug-likeness (QED) is 0.141. The molecular weight excluding hydrogens is 659 g/mol. The number of nitrogens with one attached hydrogen (secondary N) is 3. The van der Waals surface area contributed by atoms with Gasteiger partial charge in [0.1, 0.15) is 12.2 Å². The number of alkyl carbamates (subject to hydrolysis) is 1. The number of aromatic nitrogens is 2. The van der Waals surface area contributed by atoms with Gasteiger partial charge in [-0.15, -0.1) is 0 Å². The van der Waals surface area contributed by atoms with Crippen LogP contribution < -0.4 is 20.1 Å². The number of carbonyl (C=O) groups excluding carboxylic acids is 1. The summed E-state index contributed by atoms with van der Waals surface area (Å²) in [5, 5.41) is 16.0. The second-order valence-corrected chi connectivity index (χ2v) is 17.0. The molecule has 2 aromatic carbocycles. The van der Waals surface area contributed by atoms with E-state index in [0.717, 1.165) is 48.4 Å². The Morgan fingerprint density at radius 1 is 0.980 bits per heavy atom. The highest BCUT2D eigenvalue weighted by atomic mass is 32.2. The Balaban J connectivity index is 1.49. The molecule has 4 rings (SSSR count). The molecular formula is C37H51N5O7S. The van der Waals surface area contributed by atoms with Gasteiger partial charge < -0.3 is 25.2 Å². The molecule has 0 unspecified atom stereocenters. The van der Waals surface area contributed by atoms with Gasteiger partial charge in [0.2, 0.25) is 11.8 Å². The maximum atomic E-state index is 13.4. The summed E-state index contributed by atoms with van der Waals surface area (Å²) in [6.07, 6.45) is 3.26. The van der Waals surface area contributed by atoms with Crippen molar-refractivity contribution in [3.8, 4) is 17.1 Å². The van der Waals surface area contributed by atoms with Crippen molar-refractivity contribution in [1.82, 2.24) is 20.6 Å². The van der Waals surface area contributed by atoms with Gasteiger partial charge in [-0.2, -0.15) is 4.98 Å². The zero-order valence-corrected chi connectivity index (χ0v) is 31.1. The van der Waals surface area contributed by atoms with E-state index < -0.39 is 27.7 Å². The number of aromatic carboxylic acids is 1. The highest BCUT2D eigenvalue weighted by molar-refractivity contribution is 7.92. The minimum absolute atomic E-state index is 0.00187. The standard InChI is InChI=1S/C37H51N5O7S/c1-23-11-9-12-24(2)32(23)30-20-31(41-34(40-30)42-50(46,47)29-14-10-13-26(19-29)33(43)44)48-22-28(21-36(3,4)5)39-27-17-25(18-27)15-16-38-35(45)49-37(6,7)8/h9-14,19-20,25,27-28,39H,15-18,21-22H2,1-8H3,(H,38,45)(H,43,44)(H,40,41,42)/t25?,27?,28-/m1/s1. The SMILES string of the molecule is Cc1cccc(C)c1-c1cc(OC[C@@H](CC(C)(C)C)NC2CC(CCNC(=O)OC(C)(C)C)C2)nc(NS(=O)(=O)c2cccc(C(=O)O)c2)n1. The molecule has 1 aliphatic rings. The van der Waals surface area contributed by atoms with E-state index in [-0.39, 0.29) is 40.4 Å². The number of amides is 1. The van der Waals surface area contributed by atoms with Crippen LogP contribution in [0, 0.1) is 25.2 Å². The van der Waals surface area contributed by atoms with E-state index in [1.807, 2.05) is 52.8 Å². The number of carboxylic acid groups (broad SMARTS) is 1. The summed E-state index contributed by atoms with van der Waals surface area (Å²) in [7, 11) is -4.23. The molecule has 50 heavy (non-hydrogen) atoms. The fourth-order valence-corrected chi connectivity index (χ4v) is 7.08. The summed E-state index contributed by atoms with van der Waals surface area (Å²) >= 11 is 0. The molecule has 1 amide bonds. The Morgan fingerprint density at radius 2 is 1.64 bits per heavy atom. The molecule has 12 nitrogen and oxygen atoms in total. The Bertz CT molecular complexity index is 1760. The monoisotopic (exact) mass is 709 g/mol. The molecule has 1 atom stereocenters. The van der Waals surface area contributed by atoms with E-state index in [0.29, 0.717) is 24.2 Å². The lowest BCUT2D eigenvalue weighted by Gasteiger charge is -2.39. The number of hydrogen-bond acceptors (Lipinski definition) is 9. The Morgan fingerprint density at radius 3 is 2.26 bits per heavy atom. The molecule has 1 heterocycles. The first-order chi connectivity index (χ1) is 23.3. The lowest BCUT2D eigenvalue weighted by Crippen LogP contribution is -2.50. The molecule has 0 bridgehead atoms. The average Bonchev–Trinajstić information content (AvgIpc) is 2.96. The van der Waals surface area contributed by atoms with Crippen LogP contribution in [0.1, 0.15) is 88.7 Å². The fourth-order valence-electron chi connectivity index (χ4n) is 6.09. The van der Waals surface area contributed by atoms with E-state index in [9.17, 15) is 23.1 Å². The number of nitrogens with zero attached hydrogens (tertiary/aromatic N) is 2. The van der Waals surface area contributed by atoms with Gasteiger partial charge in [-0.25, -0.2) is 27.7 Å². The van der Waals surface area contributed by atoms with Gasteiger partial charge in [0, 0.05) is 30.3 Å². The highest BCUT2D eigenvalue weighted by Gasteiger charge is 2.32. The maximum absolute atomic E-state index is 13.4. The third-order valence-corrected chi connectivity index (χ3v) is 9.60. The van der Waals surface area contributed by atoms with Crippen LogP contribution in [0.3, 0.4) is 0 Å². The third-order valence-electron chi connectivity index (χ3n) is 8.28. The first-order valence-corrected chi connectivity index (χ1v) is 18.4. The molecule has 13 heteroatoms. The zero-order valence-electron chi connectivity index (χ0n) is 30.3. The number of ether oxygens (including phenoxy) is 2. The van der Waals surface area contributed by atoms with Crippen molar-refractivity contribution in [2.75, 3.05) is 17.9 Å². The fraction of sp³-hybridized carbons (Fsp3) is 0.514. The first kappa shape index (κ1) is 38.6. The topological polar surface area (TPSA) is 169 Å². The molecule has 1 aliphatic carbocycles. The number of carboxylic acids is 1. The highest BCUT2D eigenvalue weighted by Crippen LogP contribution is 2.33. The maximum Gasteiger partial charge on any atom is 0.407 e. The predicted molar refractivity (Wildman–Crippen MR) is 193 cm³/mol. The largest absolute Gasteiger partial charge is 0.478 e. The molecule has 0 radical (unpaired) electrons. The van der Waals surface area contributed by atoms with Crippen LogP contribution in [0.25, 0.3) is 11.3 Å². The number of hydrogen-bond donors (Lipinski definition) is 4. The second-order valence-electron chi connectivity index (χ2n) is 15.3. The van der Waals surface area contributed by atoms with Crippen LogP contribution in [0.4, 0.5) is 10.7 Å². The molecule has 0 saturated heterocycles. The van der Waals surface area contributed by atoms with Crippen molar-refractivity contribution in [2.45, 2.75) is 104 Å². The Labute approximate surface area is 295 Å². The van der Waals surface area contributed by atoms with Gasteiger partial charge in [-0.3, -0.25) is 0 Å². The Kier molecular flexibility index (Phi) is 12.2. The van der Waals surface area contributed by atoms with Gasteiger partial charge in [-0.1, -0.05) is 45.0 Å². The van der Waals surface area contributed by atoms with Crippen LogP contribution >= 0.6 is 0 Å². The van der Waals surface area contributed by atoms with E-state index in [4.69, 9.17) is 9.47 Å². The lowest BCUT2D eigenvalue weighted by molar-refractivity contribution is 0.0519. The smallest absolute Gasteiger partial charge is 0.407 e. The molecule has 272 valence electrons. The Hall–Kier alpha value is -4.23. The van der Waals surface area contributed by atoms with Gasteiger partial charge in [0.05, 0.1) is 16.2 Å². The number of carbonyl (C=O) groups is 2. The van der Waals surface area contributed by atoms with E-state index in [1.165, 1.54) is 18.2 Å². The van der Waals surface area contributed by atoms with Gasteiger partial charge >= 0.3 is 12.1 Å². The minimum Gasteiger partial charge on any atom is -0.478 e. The van der Waals surface area contributed by atoms with Crippen molar-refractivity contribution < 1.29 is 32.6 Å². The van der Waals surface area contributed by atoms with Gasteiger partial charge in [0.15, 0.2) is 0 Å². The first-order valence-electron chi connectivity index (χ1n) is 17.0. The van der Waals surface area contributed by atoms with Crippen LogP contribution in [0.5, 0.6) is 5.88 Å². The number of anilines is 1. The third kappa shape index (κ3) is 11.4. The zero-order chi connectivity index (χ0) is 36.9. The molecule has 0 aliphatic heterocycles. The minimum atomic E-state index is -4.23. The van der Waals surface area contributed by atoms with Crippen LogP contribution in [-0.2, 0) is 14.8 Å². The van der Waals surface area contributed by atoms with Crippen LogP contribution in [0.15, 0.2) is 53.4 Å². The molecule has 1 fully saturated rings. The lowest BCUT2D eigenvalue weighted by atomic mass is 9.77. The van der Waals surface area contributed by atoms with E-state index in [2.05, 4.69) is 46.1 Å². The van der Waals surface area contributed by atoms with Crippen LogP contribution in [-0.4, -0.2) is 66.4 Å². The number of aryl methyl sites for hydroxylation is 2. The summed E-state index contributed by atoms with van der Waals surface area (Å²) in [6, 6.07) is 12.9. The van der Waals surface area contributed by atoms with Crippen molar-refractivity contribution in [3.63, 3.8) is 0 Å². The second kappa shape index (κ2) is 15.8. The molecule has 1 aromatic heterocycles. The molecule has 1 saturated carbocycles. The van der Waals surface area contributed by atoms with Gasteiger partial charge in [0.25, 0.3) is 10.0 Å².